The van der Waals surface area contributed by atoms with Crippen LogP contribution in [0.25, 0.3) is 0 Å². The van der Waals surface area contributed by atoms with Crippen molar-refractivity contribution in [1.29, 1.82) is 0 Å². The molecule has 0 unspecified atom stereocenters. The fourth-order valence-electron chi connectivity index (χ4n) is 4.05. The maximum Gasteiger partial charge on any atom is 0.0611 e. The van der Waals surface area contributed by atoms with Gasteiger partial charge in [-0.05, 0) is 43.9 Å². The van der Waals surface area contributed by atoms with E-state index in [0.717, 1.165) is 12.3 Å². The average Bonchev–Trinajstić information content (AvgIpc) is 2.58. The van der Waals surface area contributed by atoms with E-state index in [4.69, 9.17) is 0 Å². The third-order valence-electron chi connectivity index (χ3n) is 4.73. The molecule has 0 aromatic carbocycles. The van der Waals surface area contributed by atoms with Crippen LogP contribution in [-0.4, -0.2) is 11.2 Å². The molecule has 1 spiro atoms. The second kappa shape index (κ2) is 2.38. The Kier molecular flexibility index (Phi) is 1.48. The van der Waals surface area contributed by atoms with E-state index in [0.29, 0.717) is 11.3 Å². The van der Waals surface area contributed by atoms with Gasteiger partial charge in [0.25, 0.3) is 0 Å². The molecule has 3 rings (SSSR count). The molecule has 72 valence electrons. The Balaban J connectivity index is 2.04. The van der Waals surface area contributed by atoms with Crippen molar-refractivity contribution in [3.63, 3.8) is 0 Å². The molecule has 0 aromatic heterocycles. The number of fused-ring (bicyclic) bond motifs is 1. The standard InChI is InChI=1S/C12H18O/c1-8-5-9-3-2-4-12(9)6-10(8)11(13)7-12/h5,9-11,13H,2-4,6-7H2,1H3/t9-,10+,11-,12+/m0/s1. The largest absolute Gasteiger partial charge is 0.392 e. The minimum absolute atomic E-state index is 0.0284. The van der Waals surface area contributed by atoms with Crippen LogP contribution in [-0.2, 0) is 0 Å². The lowest BCUT2D eigenvalue weighted by Crippen LogP contribution is -2.24. The van der Waals surface area contributed by atoms with Crippen molar-refractivity contribution in [2.75, 3.05) is 0 Å². The third kappa shape index (κ3) is 0.914. The lowest BCUT2D eigenvalue weighted by atomic mass is 9.71. The molecule has 2 saturated carbocycles. The predicted molar refractivity (Wildman–Crippen MR) is 52.3 cm³/mol. The van der Waals surface area contributed by atoms with E-state index in [9.17, 15) is 5.11 Å². The van der Waals surface area contributed by atoms with Crippen LogP contribution in [0, 0.1) is 17.3 Å². The van der Waals surface area contributed by atoms with Gasteiger partial charge >= 0.3 is 0 Å². The van der Waals surface area contributed by atoms with Crippen molar-refractivity contribution in [2.45, 2.75) is 45.1 Å². The van der Waals surface area contributed by atoms with Crippen molar-refractivity contribution in [1.82, 2.24) is 0 Å². The summed E-state index contributed by atoms with van der Waals surface area (Å²) in [6, 6.07) is 0. The van der Waals surface area contributed by atoms with Gasteiger partial charge in [-0.25, -0.2) is 0 Å². The zero-order chi connectivity index (χ0) is 9.05. The highest BCUT2D eigenvalue weighted by molar-refractivity contribution is 5.23. The van der Waals surface area contributed by atoms with Crippen LogP contribution in [0.4, 0.5) is 0 Å². The number of allylic oxidation sites excluding steroid dienone is 1. The fourth-order valence-corrected chi connectivity index (χ4v) is 4.05. The quantitative estimate of drug-likeness (QED) is 0.565. The normalized spacial score (nSPS) is 53.4. The fraction of sp³-hybridized carbons (Fsp3) is 0.833. The summed E-state index contributed by atoms with van der Waals surface area (Å²) in [6.45, 7) is 2.21. The molecule has 3 aliphatic rings. The van der Waals surface area contributed by atoms with Gasteiger partial charge in [-0.15, -0.1) is 0 Å². The molecule has 2 fully saturated rings. The van der Waals surface area contributed by atoms with Crippen LogP contribution in [0.1, 0.15) is 39.0 Å². The van der Waals surface area contributed by atoms with Crippen LogP contribution in [0.3, 0.4) is 0 Å². The maximum absolute atomic E-state index is 9.97. The van der Waals surface area contributed by atoms with Crippen LogP contribution in [0.2, 0.25) is 0 Å². The van der Waals surface area contributed by atoms with E-state index in [1.807, 2.05) is 0 Å². The van der Waals surface area contributed by atoms with Gasteiger partial charge in [0.15, 0.2) is 0 Å². The summed E-state index contributed by atoms with van der Waals surface area (Å²) in [5.74, 6) is 1.32. The molecule has 0 aliphatic heterocycles. The Hall–Kier alpha value is -0.300. The molecule has 0 amide bonds. The van der Waals surface area contributed by atoms with Crippen LogP contribution < -0.4 is 0 Å². The Labute approximate surface area is 79.8 Å². The number of hydrogen-bond donors (Lipinski definition) is 1. The monoisotopic (exact) mass is 178 g/mol. The summed E-state index contributed by atoms with van der Waals surface area (Å²) in [7, 11) is 0. The molecule has 0 saturated heterocycles. The average molecular weight is 178 g/mol. The Bertz CT molecular complexity index is 268. The summed E-state index contributed by atoms with van der Waals surface area (Å²) in [6.07, 6.45) is 8.92. The molecule has 4 atom stereocenters. The molecular weight excluding hydrogens is 160 g/mol. The van der Waals surface area contributed by atoms with Gasteiger partial charge in [0.05, 0.1) is 6.10 Å². The minimum Gasteiger partial charge on any atom is -0.392 e. The zero-order valence-electron chi connectivity index (χ0n) is 8.29. The first-order chi connectivity index (χ1) is 6.21. The number of rotatable bonds is 0. The van der Waals surface area contributed by atoms with Crippen molar-refractivity contribution in [3.05, 3.63) is 11.6 Å². The van der Waals surface area contributed by atoms with Crippen molar-refractivity contribution < 1.29 is 5.11 Å². The molecular formula is C12H18O. The van der Waals surface area contributed by atoms with Crippen molar-refractivity contribution in [2.24, 2.45) is 17.3 Å². The zero-order valence-corrected chi connectivity index (χ0v) is 8.29. The van der Waals surface area contributed by atoms with Gasteiger partial charge in [-0.3, -0.25) is 0 Å². The van der Waals surface area contributed by atoms with E-state index >= 15 is 0 Å². The highest BCUT2D eigenvalue weighted by atomic mass is 16.3. The summed E-state index contributed by atoms with van der Waals surface area (Å²) in [5.41, 5.74) is 2.00. The third-order valence-corrected chi connectivity index (χ3v) is 4.73. The molecule has 2 bridgehead atoms. The van der Waals surface area contributed by atoms with Crippen molar-refractivity contribution >= 4 is 0 Å². The molecule has 0 heterocycles. The lowest BCUT2D eigenvalue weighted by molar-refractivity contribution is 0.137. The first kappa shape index (κ1) is 8.05. The number of aliphatic hydroxyl groups is 1. The van der Waals surface area contributed by atoms with E-state index < -0.39 is 0 Å². The lowest BCUT2D eigenvalue weighted by Gasteiger charge is -2.33. The Morgan fingerprint density at radius 3 is 3.15 bits per heavy atom. The van der Waals surface area contributed by atoms with E-state index in [1.165, 1.54) is 31.3 Å². The summed E-state index contributed by atoms with van der Waals surface area (Å²) < 4.78 is 0. The Morgan fingerprint density at radius 2 is 2.31 bits per heavy atom. The van der Waals surface area contributed by atoms with Gasteiger partial charge in [0.2, 0.25) is 0 Å². The second-order valence-corrected chi connectivity index (χ2v) is 5.35. The van der Waals surface area contributed by atoms with Gasteiger partial charge in [-0.1, -0.05) is 18.1 Å². The molecule has 0 radical (unpaired) electrons. The van der Waals surface area contributed by atoms with Gasteiger partial charge < -0.3 is 5.11 Å². The van der Waals surface area contributed by atoms with Crippen LogP contribution in [0.15, 0.2) is 11.6 Å². The summed E-state index contributed by atoms with van der Waals surface area (Å²) >= 11 is 0. The van der Waals surface area contributed by atoms with E-state index in [1.54, 1.807) is 0 Å². The molecule has 1 heteroatoms. The number of aliphatic hydroxyl groups excluding tert-OH is 1. The highest BCUT2D eigenvalue weighted by Crippen LogP contribution is 2.60. The van der Waals surface area contributed by atoms with E-state index in [2.05, 4.69) is 13.0 Å². The Morgan fingerprint density at radius 1 is 1.46 bits per heavy atom. The van der Waals surface area contributed by atoms with Crippen LogP contribution >= 0.6 is 0 Å². The highest BCUT2D eigenvalue weighted by Gasteiger charge is 2.53. The smallest absolute Gasteiger partial charge is 0.0611 e. The topological polar surface area (TPSA) is 20.2 Å². The van der Waals surface area contributed by atoms with Gasteiger partial charge in [0, 0.05) is 5.92 Å². The summed E-state index contributed by atoms with van der Waals surface area (Å²) in [5, 5.41) is 9.97. The molecule has 13 heavy (non-hydrogen) atoms. The molecule has 3 aliphatic carbocycles. The predicted octanol–water partition coefficient (Wildman–Crippen LogP) is 2.50. The molecule has 1 nitrogen and oxygen atoms in total. The molecule has 1 N–H and O–H groups in total. The van der Waals surface area contributed by atoms with Crippen LogP contribution in [0.5, 0.6) is 0 Å². The van der Waals surface area contributed by atoms with Gasteiger partial charge in [0.1, 0.15) is 0 Å². The second-order valence-electron chi connectivity index (χ2n) is 5.35. The first-order valence-corrected chi connectivity index (χ1v) is 5.58. The molecule has 0 aromatic rings. The maximum atomic E-state index is 9.97. The summed E-state index contributed by atoms with van der Waals surface area (Å²) in [4.78, 5) is 0. The van der Waals surface area contributed by atoms with Gasteiger partial charge in [-0.2, -0.15) is 0 Å². The minimum atomic E-state index is -0.0284. The van der Waals surface area contributed by atoms with E-state index in [-0.39, 0.29) is 6.10 Å². The first-order valence-electron chi connectivity index (χ1n) is 5.58. The van der Waals surface area contributed by atoms with Crippen molar-refractivity contribution in [3.8, 4) is 0 Å². The number of hydrogen-bond acceptors (Lipinski definition) is 1. The SMILES string of the molecule is CC1=C[C@@H]2CCC[C@]23C[C@H]1[C@@H](O)C3.